The maximum Gasteiger partial charge on any atom is 0.0178 e. The Bertz CT molecular complexity index is 433. The fraction of sp³-hybridized carbons (Fsp3) is 0.467. The van der Waals surface area contributed by atoms with E-state index in [2.05, 4.69) is 53.2 Å². The molecule has 0 spiro atoms. The summed E-state index contributed by atoms with van der Waals surface area (Å²) in [5.41, 5.74) is 3.54. The molecule has 2 aliphatic rings. The molecule has 3 rings (SSSR count). The summed E-state index contributed by atoms with van der Waals surface area (Å²) < 4.78 is 1.21. The van der Waals surface area contributed by atoms with Crippen molar-refractivity contribution >= 4 is 15.9 Å². The fourth-order valence-corrected chi connectivity index (χ4v) is 3.43. The van der Waals surface area contributed by atoms with Crippen molar-refractivity contribution in [1.29, 1.82) is 0 Å². The molecular weight excluding hydrogens is 260 g/mol. The molecule has 0 aliphatic heterocycles. The Labute approximate surface area is 106 Å². The van der Waals surface area contributed by atoms with Crippen LogP contribution in [0.4, 0.5) is 0 Å². The Morgan fingerprint density at radius 1 is 1.31 bits per heavy atom. The lowest BCUT2D eigenvalue weighted by molar-refractivity contribution is 0.208. The molecule has 2 fully saturated rings. The minimum absolute atomic E-state index is 0.370. The van der Waals surface area contributed by atoms with Gasteiger partial charge in [0.2, 0.25) is 0 Å². The van der Waals surface area contributed by atoms with Crippen molar-refractivity contribution in [2.45, 2.75) is 38.0 Å². The smallest absolute Gasteiger partial charge is 0.0178 e. The molecule has 0 bridgehead atoms. The highest BCUT2D eigenvalue weighted by atomic mass is 79.9. The van der Waals surface area contributed by atoms with Crippen molar-refractivity contribution < 1.29 is 0 Å². The van der Waals surface area contributed by atoms with Crippen LogP contribution in [-0.2, 0) is 5.41 Å². The first-order valence-electron chi connectivity index (χ1n) is 6.15. The first-order chi connectivity index (χ1) is 7.68. The van der Waals surface area contributed by atoms with E-state index >= 15 is 0 Å². The Balaban J connectivity index is 1.97. The van der Waals surface area contributed by atoms with E-state index < -0.39 is 0 Å². The molecule has 0 N–H and O–H groups in total. The highest BCUT2D eigenvalue weighted by Gasteiger charge is 2.42. The van der Waals surface area contributed by atoms with Gasteiger partial charge in [-0.3, -0.25) is 0 Å². The molecule has 0 nitrogen and oxygen atoms in total. The lowest BCUT2D eigenvalue weighted by Crippen LogP contribution is -2.38. The summed E-state index contributed by atoms with van der Waals surface area (Å²) >= 11 is 3.58. The van der Waals surface area contributed by atoms with Crippen LogP contribution in [0, 0.1) is 5.92 Å². The summed E-state index contributed by atoms with van der Waals surface area (Å²) in [5, 5.41) is 0. The minimum atomic E-state index is 0.370. The van der Waals surface area contributed by atoms with Crippen LogP contribution in [0.3, 0.4) is 0 Å². The third-order valence-electron chi connectivity index (χ3n) is 3.84. The number of hydrogen-bond donors (Lipinski definition) is 0. The summed E-state index contributed by atoms with van der Waals surface area (Å²) in [4.78, 5) is 0. The van der Waals surface area contributed by atoms with Crippen LogP contribution in [0.2, 0.25) is 0 Å². The van der Waals surface area contributed by atoms with Crippen LogP contribution in [0.1, 0.15) is 38.2 Å². The molecule has 0 heterocycles. The zero-order valence-electron chi connectivity index (χ0n) is 9.67. The van der Waals surface area contributed by atoms with E-state index in [0.717, 1.165) is 5.92 Å². The lowest BCUT2D eigenvalue weighted by atomic mass is 9.59. The largest absolute Gasteiger partial charge is 0.0747 e. The molecule has 0 aromatic heterocycles. The topological polar surface area (TPSA) is 0 Å². The van der Waals surface area contributed by atoms with Crippen molar-refractivity contribution in [3.63, 3.8) is 0 Å². The average Bonchev–Trinajstić information content (AvgIpc) is 2.99. The lowest BCUT2D eigenvalue weighted by Gasteiger charge is -2.45. The second kappa shape index (κ2) is 3.73. The molecule has 84 valence electrons. The molecule has 1 heteroatoms. The van der Waals surface area contributed by atoms with Crippen LogP contribution in [0.25, 0.3) is 0 Å². The van der Waals surface area contributed by atoms with E-state index in [1.54, 1.807) is 5.57 Å². The van der Waals surface area contributed by atoms with Gasteiger partial charge in [0.25, 0.3) is 0 Å². The fourth-order valence-electron chi connectivity index (χ4n) is 3.03. The number of hydrogen-bond acceptors (Lipinski definition) is 0. The maximum absolute atomic E-state index is 3.58. The number of rotatable bonds is 2. The Morgan fingerprint density at radius 2 is 2.06 bits per heavy atom. The van der Waals surface area contributed by atoms with Crippen molar-refractivity contribution in [3.05, 3.63) is 46.0 Å². The molecule has 0 radical (unpaired) electrons. The van der Waals surface area contributed by atoms with Crippen molar-refractivity contribution in [3.8, 4) is 0 Å². The number of allylic oxidation sites excluding steroid dienone is 2. The van der Waals surface area contributed by atoms with Gasteiger partial charge in [-0.15, -0.1) is 0 Å². The summed E-state index contributed by atoms with van der Waals surface area (Å²) in [7, 11) is 0. The van der Waals surface area contributed by atoms with Crippen LogP contribution in [0.5, 0.6) is 0 Å². The van der Waals surface area contributed by atoms with E-state index in [4.69, 9.17) is 0 Å². The quantitative estimate of drug-likeness (QED) is 0.679. The van der Waals surface area contributed by atoms with E-state index in [1.807, 2.05) is 0 Å². The summed E-state index contributed by atoms with van der Waals surface area (Å²) in [5.74, 6) is 0.884. The van der Waals surface area contributed by atoms with Gasteiger partial charge < -0.3 is 0 Å². The first kappa shape index (κ1) is 10.6. The van der Waals surface area contributed by atoms with Gasteiger partial charge in [0.1, 0.15) is 0 Å². The summed E-state index contributed by atoms with van der Waals surface area (Å²) in [6, 6.07) is 8.86. The molecule has 0 amide bonds. The number of halogens is 1. The highest BCUT2D eigenvalue weighted by Crippen LogP contribution is 2.51. The Morgan fingerprint density at radius 3 is 2.62 bits per heavy atom. The van der Waals surface area contributed by atoms with E-state index in [-0.39, 0.29) is 0 Å². The molecule has 0 unspecified atom stereocenters. The molecule has 2 saturated carbocycles. The second-order valence-corrected chi connectivity index (χ2v) is 6.40. The van der Waals surface area contributed by atoms with Crippen LogP contribution >= 0.6 is 15.9 Å². The first-order valence-corrected chi connectivity index (χ1v) is 6.94. The standard InChI is InChI=1S/C15H17Br/c1-11-8-15(9-11,10-12-5-6-12)13-3-2-4-14(16)7-13/h2-4,7,10-11H,5-6,8-9H2,1H3. The SMILES string of the molecule is CC1CC(C=C2CC2)(c2cccc(Br)c2)C1. The van der Waals surface area contributed by atoms with E-state index in [1.165, 1.54) is 35.7 Å². The second-order valence-electron chi connectivity index (χ2n) is 5.48. The van der Waals surface area contributed by atoms with E-state index in [0.29, 0.717) is 5.41 Å². The van der Waals surface area contributed by atoms with Gasteiger partial charge in [-0.1, -0.05) is 46.6 Å². The van der Waals surface area contributed by atoms with Crippen LogP contribution in [0.15, 0.2) is 40.4 Å². The third kappa shape index (κ3) is 1.86. The normalized spacial score (nSPS) is 32.1. The van der Waals surface area contributed by atoms with Gasteiger partial charge >= 0.3 is 0 Å². The monoisotopic (exact) mass is 276 g/mol. The van der Waals surface area contributed by atoms with Gasteiger partial charge in [-0.2, -0.15) is 0 Å². The average molecular weight is 277 g/mol. The van der Waals surface area contributed by atoms with Crippen LogP contribution in [-0.4, -0.2) is 0 Å². The zero-order valence-corrected chi connectivity index (χ0v) is 11.3. The molecular formula is C15H17Br. The van der Waals surface area contributed by atoms with Crippen molar-refractivity contribution in [2.24, 2.45) is 5.92 Å². The third-order valence-corrected chi connectivity index (χ3v) is 4.34. The minimum Gasteiger partial charge on any atom is -0.0747 e. The van der Waals surface area contributed by atoms with Crippen molar-refractivity contribution in [1.82, 2.24) is 0 Å². The summed E-state index contributed by atoms with van der Waals surface area (Å²) in [6.07, 6.45) is 7.89. The predicted octanol–water partition coefficient (Wildman–Crippen LogP) is 4.84. The van der Waals surface area contributed by atoms with Gasteiger partial charge in [0.05, 0.1) is 0 Å². The summed E-state index contributed by atoms with van der Waals surface area (Å²) in [6.45, 7) is 2.36. The Kier molecular flexibility index (Phi) is 2.47. The Hall–Kier alpha value is -0.560. The molecule has 16 heavy (non-hydrogen) atoms. The zero-order chi connectivity index (χ0) is 11.2. The molecule has 1 aromatic rings. The van der Waals surface area contributed by atoms with Gasteiger partial charge in [-0.05, 0) is 49.3 Å². The predicted molar refractivity (Wildman–Crippen MR) is 71.5 cm³/mol. The van der Waals surface area contributed by atoms with Gasteiger partial charge in [-0.25, -0.2) is 0 Å². The van der Waals surface area contributed by atoms with Crippen LogP contribution < -0.4 is 0 Å². The van der Waals surface area contributed by atoms with Gasteiger partial charge in [0, 0.05) is 9.89 Å². The molecule has 1 aromatic carbocycles. The van der Waals surface area contributed by atoms with Gasteiger partial charge in [0.15, 0.2) is 0 Å². The molecule has 0 saturated heterocycles. The number of benzene rings is 1. The van der Waals surface area contributed by atoms with E-state index in [9.17, 15) is 0 Å². The maximum atomic E-state index is 3.58. The molecule has 0 atom stereocenters. The highest BCUT2D eigenvalue weighted by molar-refractivity contribution is 9.10. The molecule has 2 aliphatic carbocycles. The van der Waals surface area contributed by atoms with Crippen molar-refractivity contribution in [2.75, 3.05) is 0 Å².